The fraction of sp³-hybridized carbons (Fsp3) is 0.364. The molecule has 0 aliphatic rings. The number of amides is 1. The van der Waals surface area contributed by atoms with Crippen molar-refractivity contribution < 1.29 is 26.4 Å². The normalized spacial score (nSPS) is 11.4. The summed E-state index contributed by atoms with van der Waals surface area (Å²) in [6.07, 6.45) is 0.370. The Bertz CT molecular complexity index is 605. The molecule has 0 aromatic heterocycles. The Morgan fingerprint density at radius 1 is 1.20 bits per heavy atom. The molecule has 1 aromatic rings. The monoisotopic (exact) mass is 310 g/mol. The maximum absolute atomic E-state index is 13.2. The van der Waals surface area contributed by atoms with Gasteiger partial charge in [0.15, 0.2) is 17.5 Å². The highest BCUT2D eigenvalue weighted by Gasteiger charge is 2.16. The molecule has 0 heterocycles. The Hall–Kier alpha value is -1.61. The van der Waals surface area contributed by atoms with Crippen molar-refractivity contribution in [2.24, 2.45) is 0 Å². The van der Waals surface area contributed by atoms with Gasteiger partial charge in [0, 0.05) is 0 Å². The summed E-state index contributed by atoms with van der Waals surface area (Å²) in [6, 6.07) is 1.49. The predicted octanol–water partition coefficient (Wildman–Crippen LogP) is 1.37. The van der Waals surface area contributed by atoms with Gasteiger partial charge in [-0.3, -0.25) is 4.79 Å². The van der Waals surface area contributed by atoms with Gasteiger partial charge in [0.1, 0.15) is 0 Å². The minimum absolute atomic E-state index is 0.153. The summed E-state index contributed by atoms with van der Waals surface area (Å²) in [5.41, 5.74) is -0.566. The van der Waals surface area contributed by atoms with Crippen molar-refractivity contribution >= 4 is 21.6 Å². The van der Waals surface area contributed by atoms with Gasteiger partial charge in [-0.1, -0.05) is 6.92 Å². The number of hydrogen-bond donors (Lipinski definition) is 2. The van der Waals surface area contributed by atoms with E-state index >= 15 is 0 Å². The molecule has 9 heteroatoms. The summed E-state index contributed by atoms with van der Waals surface area (Å²) in [5, 5.41) is 1.95. The topological polar surface area (TPSA) is 75.3 Å². The van der Waals surface area contributed by atoms with Gasteiger partial charge in [-0.2, -0.15) is 0 Å². The molecule has 1 aromatic carbocycles. The zero-order chi connectivity index (χ0) is 15.3. The lowest BCUT2D eigenvalue weighted by Gasteiger charge is -2.08. The van der Waals surface area contributed by atoms with E-state index in [-0.39, 0.29) is 5.75 Å². The smallest absolute Gasteiger partial charge is 0.239 e. The summed E-state index contributed by atoms with van der Waals surface area (Å²) < 4.78 is 63.4. The molecule has 5 nitrogen and oxygen atoms in total. The van der Waals surface area contributed by atoms with Crippen LogP contribution in [0.15, 0.2) is 12.1 Å². The Morgan fingerprint density at radius 2 is 1.85 bits per heavy atom. The van der Waals surface area contributed by atoms with Crippen LogP contribution >= 0.6 is 0 Å². The molecule has 0 aliphatic heterocycles. The molecule has 0 saturated carbocycles. The zero-order valence-corrected chi connectivity index (χ0v) is 11.4. The number of carbonyl (C=O) groups excluding carboxylic acids is 1. The summed E-state index contributed by atoms with van der Waals surface area (Å²) in [5.74, 6) is -5.69. The zero-order valence-electron chi connectivity index (χ0n) is 10.5. The summed E-state index contributed by atoms with van der Waals surface area (Å²) in [7, 11) is -3.58. The SMILES string of the molecule is CCCS(=O)(=O)NCC(=O)Nc1ccc(F)c(F)c1F. The van der Waals surface area contributed by atoms with Gasteiger partial charge in [0.25, 0.3) is 0 Å². The first-order valence-electron chi connectivity index (χ1n) is 5.67. The lowest BCUT2D eigenvalue weighted by molar-refractivity contribution is -0.115. The van der Waals surface area contributed by atoms with E-state index in [0.29, 0.717) is 12.5 Å². The van der Waals surface area contributed by atoms with Gasteiger partial charge in [0.05, 0.1) is 18.0 Å². The van der Waals surface area contributed by atoms with Gasteiger partial charge >= 0.3 is 0 Å². The number of benzene rings is 1. The van der Waals surface area contributed by atoms with Crippen molar-refractivity contribution in [1.29, 1.82) is 0 Å². The van der Waals surface area contributed by atoms with Gasteiger partial charge in [-0.15, -0.1) is 0 Å². The molecule has 0 radical (unpaired) electrons. The maximum Gasteiger partial charge on any atom is 0.239 e. The molecule has 20 heavy (non-hydrogen) atoms. The third kappa shape index (κ3) is 4.49. The third-order valence-corrected chi connectivity index (χ3v) is 3.76. The quantitative estimate of drug-likeness (QED) is 0.779. The average Bonchev–Trinajstić information content (AvgIpc) is 2.37. The Morgan fingerprint density at radius 3 is 2.45 bits per heavy atom. The molecule has 0 unspecified atom stereocenters. The highest BCUT2D eigenvalue weighted by atomic mass is 32.2. The summed E-state index contributed by atoms with van der Waals surface area (Å²) in [4.78, 5) is 11.4. The second kappa shape index (κ2) is 6.71. The van der Waals surface area contributed by atoms with E-state index in [9.17, 15) is 26.4 Å². The molecule has 0 aliphatic carbocycles. The number of carbonyl (C=O) groups is 1. The van der Waals surface area contributed by atoms with Crippen molar-refractivity contribution in [3.05, 3.63) is 29.6 Å². The van der Waals surface area contributed by atoms with Crippen molar-refractivity contribution in [3.8, 4) is 0 Å². The molecule has 1 rings (SSSR count). The van der Waals surface area contributed by atoms with Crippen LogP contribution < -0.4 is 10.0 Å². The highest BCUT2D eigenvalue weighted by molar-refractivity contribution is 7.89. The van der Waals surface area contributed by atoms with E-state index in [1.165, 1.54) is 0 Å². The Balaban J connectivity index is 2.66. The molecular formula is C11H13F3N2O3S. The Labute approximate surface area is 114 Å². The van der Waals surface area contributed by atoms with E-state index in [1.807, 2.05) is 10.0 Å². The molecule has 0 atom stereocenters. The lowest BCUT2D eigenvalue weighted by Crippen LogP contribution is -2.34. The molecule has 112 valence electrons. The first-order chi connectivity index (χ1) is 9.26. The molecule has 0 spiro atoms. The molecule has 1 amide bonds. The molecule has 0 fully saturated rings. The van der Waals surface area contributed by atoms with Crippen LogP contribution in [0, 0.1) is 17.5 Å². The number of sulfonamides is 1. The first kappa shape index (κ1) is 16.4. The number of nitrogens with one attached hydrogen (secondary N) is 2. The fourth-order valence-electron chi connectivity index (χ4n) is 1.33. The number of rotatable bonds is 6. The van der Waals surface area contributed by atoms with Crippen LogP contribution in [-0.4, -0.2) is 26.6 Å². The summed E-state index contributed by atoms with van der Waals surface area (Å²) in [6.45, 7) is 1.02. The molecular weight excluding hydrogens is 297 g/mol. The van der Waals surface area contributed by atoms with Gasteiger partial charge in [0.2, 0.25) is 15.9 Å². The Kier molecular flexibility index (Phi) is 5.52. The largest absolute Gasteiger partial charge is 0.322 e. The molecule has 0 saturated heterocycles. The van der Waals surface area contributed by atoms with Crippen molar-refractivity contribution in [2.75, 3.05) is 17.6 Å². The van der Waals surface area contributed by atoms with Crippen LogP contribution in [0.5, 0.6) is 0 Å². The van der Waals surface area contributed by atoms with E-state index in [0.717, 1.165) is 6.07 Å². The van der Waals surface area contributed by atoms with Crippen LogP contribution in [0.25, 0.3) is 0 Å². The third-order valence-electron chi connectivity index (χ3n) is 2.23. The van der Waals surface area contributed by atoms with E-state index in [2.05, 4.69) is 0 Å². The lowest BCUT2D eigenvalue weighted by atomic mass is 10.3. The van der Waals surface area contributed by atoms with Crippen LogP contribution in [0.3, 0.4) is 0 Å². The van der Waals surface area contributed by atoms with Crippen molar-refractivity contribution in [3.63, 3.8) is 0 Å². The van der Waals surface area contributed by atoms with Crippen LogP contribution in [0.2, 0.25) is 0 Å². The second-order valence-corrected chi connectivity index (χ2v) is 5.84. The molecule has 2 N–H and O–H groups in total. The summed E-state index contributed by atoms with van der Waals surface area (Å²) >= 11 is 0. The van der Waals surface area contributed by atoms with E-state index < -0.39 is 45.6 Å². The minimum atomic E-state index is -3.58. The number of halogens is 3. The van der Waals surface area contributed by atoms with Crippen LogP contribution in [0.4, 0.5) is 18.9 Å². The average molecular weight is 310 g/mol. The van der Waals surface area contributed by atoms with Gasteiger partial charge < -0.3 is 5.32 Å². The minimum Gasteiger partial charge on any atom is -0.322 e. The van der Waals surface area contributed by atoms with E-state index in [4.69, 9.17) is 0 Å². The number of anilines is 1. The highest BCUT2D eigenvalue weighted by Crippen LogP contribution is 2.19. The molecule has 0 bridgehead atoms. The van der Waals surface area contributed by atoms with Crippen molar-refractivity contribution in [1.82, 2.24) is 4.72 Å². The van der Waals surface area contributed by atoms with Crippen LogP contribution in [0.1, 0.15) is 13.3 Å². The van der Waals surface area contributed by atoms with Gasteiger partial charge in [-0.05, 0) is 18.6 Å². The second-order valence-electron chi connectivity index (χ2n) is 3.91. The first-order valence-corrected chi connectivity index (χ1v) is 7.32. The standard InChI is InChI=1S/C11H13F3N2O3S/c1-2-5-20(18,19)15-6-9(17)16-8-4-3-7(12)10(13)11(8)14/h3-4,15H,2,5-6H2,1H3,(H,16,17). The number of hydrogen-bond acceptors (Lipinski definition) is 3. The van der Waals surface area contributed by atoms with Gasteiger partial charge in [-0.25, -0.2) is 26.3 Å². The van der Waals surface area contributed by atoms with Crippen LogP contribution in [-0.2, 0) is 14.8 Å². The van der Waals surface area contributed by atoms with Crippen molar-refractivity contribution in [2.45, 2.75) is 13.3 Å². The van der Waals surface area contributed by atoms with E-state index in [1.54, 1.807) is 6.92 Å². The predicted molar refractivity (Wildman–Crippen MR) is 67.0 cm³/mol. The maximum atomic E-state index is 13.2. The fourth-order valence-corrected chi connectivity index (χ4v) is 2.37.